The van der Waals surface area contributed by atoms with Gasteiger partial charge in [-0.15, -0.1) is 0 Å². The number of aliphatic hydroxyl groups is 5. The molecule has 0 saturated heterocycles. The molecule has 0 bridgehead atoms. The number of ether oxygens (including phenoxy) is 12. The quantitative estimate of drug-likeness (QED) is 0.0233. The number of aliphatic hydroxyl groups excluding tert-OH is 5. The summed E-state index contributed by atoms with van der Waals surface area (Å²) in [4.78, 5) is 123. The molecule has 0 aromatic heterocycles. The first-order chi connectivity index (χ1) is 60.2. The smallest absolute Gasteiger partial charge is 0.339 e. The second-order valence-electron chi connectivity index (χ2n) is 34.7. The van der Waals surface area contributed by atoms with Crippen molar-refractivity contribution in [3.8, 4) is 0 Å². The van der Waals surface area contributed by atoms with Gasteiger partial charge in [-0.05, 0) is 159 Å². The normalized spacial score (nSPS) is 14.4. The monoisotopic (exact) mass is 1770 g/mol. The fourth-order valence-corrected chi connectivity index (χ4v) is 14.9. The molecule has 12 unspecified atom stereocenters. The largest absolute Gasteiger partial charge is 0.469 e. The van der Waals surface area contributed by atoms with Crippen molar-refractivity contribution < 1.29 is 126 Å². The Labute approximate surface area is 749 Å². The van der Waals surface area contributed by atoms with Crippen molar-refractivity contribution in [2.75, 3.05) is 54.4 Å². The van der Waals surface area contributed by atoms with Crippen molar-refractivity contribution >= 4 is 53.7 Å². The lowest BCUT2D eigenvalue weighted by Crippen LogP contribution is -2.33. The van der Waals surface area contributed by atoms with Crippen molar-refractivity contribution in [3.05, 3.63) is 69.8 Å². The number of unbranched alkanes of at least 4 members (excludes halogenated alkanes) is 28. The van der Waals surface area contributed by atoms with Crippen molar-refractivity contribution in [1.82, 2.24) is 0 Å². The lowest BCUT2D eigenvalue weighted by atomic mass is 9.98. The van der Waals surface area contributed by atoms with Gasteiger partial charge >= 0.3 is 53.7 Å². The van der Waals surface area contributed by atoms with Crippen LogP contribution in [-0.2, 0) is 71.2 Å². The van der Waals surface area contributed by atoms with Crippen LogP contribution in [0, 0.1) is 5.92 Å². The van der Waals surface area contributed by atoms with Crippen molar-refractivity contribution in [3.63, 3.8) is 0 Å². The molecule has 0 aliphatic rings. The summed E-state index contributed by atoms with van der Waals surface area (Å²) < 4.78 is 69.0. The van der Waals surface area contributed by atoms with E-state index in [2.05, 4.69) is 41.5 Å². The lowest BCUT2D eigenvalue weighted by Gasteiger charge is -2.25. The molecule has 718 valence electrons. The maximum absolute atomic E-state index is 14.8. The van der Waals surface area contributed by atoms with E-state index in [-0.39, 0.29) is 104 Å². The van der Waals surface area contributed by atoms with Gasteiger partial charge in [0, 0.05) is 19.3 Å². The first-order valence-electron chi connectivity index (χ1n) is 48.1. The standard InChI is InChI=1S/C99H166O26/c1-13-17-21-25-42-54-87(83(101)50-39-31-34-46-58-91(105)114-10)122-94(108)76-61-63-79(81(65-76)98(112)124-89(56-44-27-23-19-15-3)85(103)52-38-30-29-37-49-72(5)6)96(110)120-74(8)68-117-70-78(119-67-73(7)100)71-118-69-75(9)121-97(111)80-64-62-77(95(109)123-88(55-43-26-22-18-14-2)84(102)51-40-32-35-47-59-92(106)115-11)66-82(80)99(113)125-90(57-45-28-24-20-16-4)86(104)53-41-33-36-48-60-93(107)116-12/h61-66,72-75,78,83-90,100-104H,13-60,67-71H2,1-12H3. The minimum atomic E-state index is -1.10. The predicted octanol–water partition coefficient (Wildman–Crippen LogP) is 19.8. The predicted molar refractivity (Wildman–Crippen MR) is 482 cm³/mol. The summed E-state index contributed by atoms with van der Waals surface area (Å²) in [7, 11) is 4.04. The van der Waals surface area contributed by atoms with Gasteiger partial charge in [0.25, 0.3) is 0 Å². The molecule has 0 spiro atoms. The molecule has 2 rings (SSSR count). The second kappa shape index (κ2) is 72.2. The minimum absolute atomic E-state index is 0.0789. The van der Waals surface area contributed by atoms with Crippen LogP contribution in [0.3, 0.4) is 0 Å². The lowest BCUT2D eigenvalue weighted by molar-refractivity contribution is -0.141. The average Bonchev–Trinajstić information content (AvgIpc) is 0.812. The molecule has 0 heterocycles. The molecule has 26 heteroatoms. The number of carbonyl (C=O) groups is 9. The number of carbonyl (C=O) groups excluding carboxylic acids is 9. The van der Waals surface area contributed by atoms with E-state index in [1.807, 2.05) is 0 Å². The number of hydrogen-bond acceptors (Lipinski definition) is 26. The summed E-state index contributed by atoms with van der Waals surface area (Å²) in [5.74, 6) is -5.85. The Bertz CT molecular complexity index is 3210. The summed E-state index contributed by atoms with van der Waals surface area (Å²) in [6.45, 7) is 16.6. The Morgan fingerprint density at radius 3 is 0.808 bits per heavy atom. The van der Waals surface area contributed by atoms with E-state index in [4.69, 9.17) is 56.8 Å². The topological polar surface area (TPSA) is 366 Å². The van der Waals surface area contributed by atoms with Crippen LogP contribution in [0.2, 0.25) is 0 Å². The Morgan fingerprint density at radius 2 is 0.536 bits per heavy atom. The van der Waals surface area contributed by atoms with Gasteiger partial charge in [0.05, 0.1) is 118 Å². The molecule has 0 radical (unpaired) electrons. The number of benzene rings is 2. The fraction of sp³-hybridized carbons (Fsp3) is 0.788. The minimum Gasteiger partial charge on any atom is -0.469 e. The molecule has 125 heavy (non-hydrogen) atoms. The van der Waals surface area contributed by atoms with E-state index < -0.39 is 109 Å². The SMILES string of the molecule is CCCCCCCC(OC(=O)c1ccc(C(=O)OC(C)COCC(COCC(C)OC(=O)c2ccc(C(=O)OC(CCCCCCC)C(O)CCCCCCC(=O)OC)cc2C(=O)OC(CCCCCCC)C(O)CCCCCCC(C)C)OCC(C)O)c(C(=O)OC(CCCCCCC)C(O)CCCCCCC(=O)OC)c1)C(O)CCCCCCC(=O)OC. The molecule has 5 N–H and O–H groups in total. The molecule has 0 aliphatic heterocycles. The van der Waals surface area contributed by atoms with Crippen LogP contribution in [0.1, 0.15) is 433 Å². The van der Waals surface area contributed by atoms with Crippen LogP contribution in [0.4, 0.5) is 0 Å². The number of rotatable bonds is 79. The molecular formula is C99H166O26. The van der Waals surface area contributed by atoms with Gasteiger partial charge < -0.3 is 82.4 Å². The van der Waals surface area contributed by atoms with Gasteiger partial charge in [-0.25, -0.2) is 28.8 Å². The fourth-order valence-electron chi connectivity index (χ4n) is 14.9. The zero-order chi connectivity index (χ0) is 92.4. The highest BCUT2D eigenvalue weighted by Crippen LogP contribution is 2.29. The zero-order valence-corrected chi connectivity index (χ0v) is 78.8. The maximum Gasteiger partial charge on any atom is 0.339 e. The van der Waals surface area contributed by atoms with Crippen LogP contribution in [0.15, 0.2) is 36.4 Å². The van der Waals surface area contributed by atoms with Gasteiger partial charge in [-0.3, -0.25) is 14.4 Å². The van der Waals surface area contributed by atoms with Crippen LogP contribution in [0.25, 0.3) is 0 Å². The first-order valence-corrected chi connectivity index (χ1v) is 48.1. The van der Waals surface area contributed by atoms with Gasteiger partial charge in [0.15, 0.2) is 0 Å². The summed E-state index contributed by atoms with van der Waals surface area (Å²) in [5, 5.41) is 57.0. The van der Waals surface area contributed by atoms with Gasteiger partial charge in [-0.1, -0.05) is 234 Å². The van der Waals surface area contributed by atoms with Gasteiger partial charge in [0.1, 0.15) is 42.7 Å². The van der Waals surface area contributed by atoms with E-state index in [0.29, 0.717) is 141 Å². The molecule has 0 fully saturated rings. The van der Waals surface area contributed by atoms with Crippen LogP contribution in [0.5, 0.6) is 0 Å². The van der Waals surface area contributed by atoms with E-state index in [1.54, 1.807) is 13.8 Å². The van der Waals surface area contributed by atoms with Gasteiger partial charge in [-0.2, -0.15) is 0 Å². The van der Waals surface area contributed by atoms with E-state index in [9.17, 15) is 68.7 Å². The summed E-state index contributed by atoms with van der Waals surface area (Å²) in [6.07, 6.45) is 22.9. The molecule has 2 aromatic rings. The van der Waals surface area contributed by atoms with E-state index in [0.717, 1.165) is 154 Å². The van der Waals surface area contributed by atoms with E-state index in [1.165, 1.54) is 64.7 Å². The third kappa shape index (κ3) is 53.8. The third-order valence-corrected chi connectivity index (χ3v) is 22.6. The molecule has 0 saturated carbocycles. The highest BCUT2D eigenvalue weighted by molar-refractivity contribution is 6.06. The summed E-state index contributed by atoms with van der Waals surface area (Å²) >= 11 is 0. The summed E-state index contributed by atoms with van der Waals surface area (Å²) in [6, 6.07) is 7.71. The zero-order valence-electron chi connectivity index (χ0n) is 78.8. The second-order valence-corrected chi connectivity index (χ2v) is 34.7. The highest BCUT2D eigenvalue weighted by atomic mass is 16.6. The molecule has 0 aliphatic carbocycles. The molecule has 12 atom stereocenters. The molecule has 2 aromatic carbocycles. The number of esters is 9. The number of methoxy groups -OCH3 is 3. The van der Waals surface area contributed by atoms with Crippen molar-refractivity contribution in [2.24, 2.45) is 5.92 Å². The van der Waals surface area contributed by atoms with Gasteiger partial charge in [0.2, 0.25) is 0 Å². The molecular weight excluding hydrogens is 1610 g/mol. The average molecular weight is 1770 g/mol. The Kier molecular flexibility index (Phi) is 66.1. The highest BCUT2D eigenvalue weighted by Gasteiger charge is 2.34. The van der Waals surface area contributed by atoms with Crippen LogP contribution in [-0.4, -0.2) is 207 Å². The number of hydrogen-bond donors (Lipinski definition) is 5. The Morgan fingerprint density at radius 1 is 0.280 bits per heavy atom. The Balaban J connectivity index is 2.56. The first kappa shape index (κ1) is 114. The maximum atomic E-state index is 14.8. The molecule has 26 nitrogen and oxygen atoms in total. The third-order valence-electron chi connectivity index (χ3n) is 22.6. The van der Waals surface area contributed by atoms with Crippen molar-refractivity contribution in [2.45, 2.75) is 444 Å². The van der Waals surface area contributed by atoms with Crippen LogP contribution < -0.4 is 0 Å². The van der Waals surface area contributed by atoms with E-state index >= 15 is 0 Å². The summed E-state index contributed by atoms with van der Waals surface area (Å²) in [5.41, 5.74) is -1.29. The van der Waals surface area contributed by atoms with Crippen LogP contribution >= 0.6 is 0 Å². The molecule has 0 amide bonds. The Hall–Kier alpha value is -6.65. The van der Waals surface area contributed by atoms with Crippen molar-refractivity contribution in [1.29, 1.82) is 0 Å².